The number of amides is 1. The van der Waals surface area contributed by atoms with Crippen molar-refractivity contribution in [1.82, 2.24) is 10.5 Å². The standard InChI is InChI=1S/C20H25ClFN3O3/c21-17-8-7-16(22)12-15(17)9-10-28-18-11-14(13-24-20(18)23)5-3-1-2-4-6-19(26)25-27/h7-8,11-13,27H,1-6,9-10H2,(H2,23,24)(H,25,26). The number of nitrogens with one attached hydrogen (secondary N) is 1. The zero-order valence-corrected chi connectivity index (χ0v) is 16.3. The molecule has 0 spiro atoms. The molecule has 152 valence electrons. The average molecular weight is 410 g/mol. The molecule has 0 saturated heterocycles. The monoisotopic (exact) mass is 409 g/mol. The Balaban J connectivity index is 1.77. The molecule has 6 nitrogen and oxygen atoms in total. The van der Waals surface area contributed by atoms with Gasteiger partial charge in [-0.2, -0.15) is 0 Å². The van der Waals surface area contributed by atoms with Crippen LogP contribution >= 0.6 is 11.6 Å². The second kappa shape index (κ2) is 11.5. The Morgan fingerprint density at radius 1 is 1.21 bits per heavy atom. The van der Waals surface area contributed by atoms with Crippen LogP contribution in [0.3, 0.4) is 0 Å². The third-order valence-corrected chi connectivity index (χ3v) is 4.69. The summed E-state index contributed by atoms with van der Waals surface area (Å²) < 4.78 is 19.0. The number of nitrogens with zero attached hydrogens (tertiary/aromatic N) is 1. The Morgan fingerprint density at radius 3 is 2.79 bits per heavy atom. The highest BCUT2D eigenvalue weighted by atomic mass is 35.5. The number of halogens is 2. The van der Waals surface area contributed by atoms with Crippen LogP contribution < -0.4 is 16.0 Å². The minimum Gasteiger partial charge on any atom is -0.489 e. The van der Waals surface area contributed by atoms with Gasteiger partial charge in [-0.25, -0.2) is 14.9 Å². The molecule has 2 aromatic rings. The molecule has 0 bridgehead atoms. The van der Waals surface area contributed by atoms with Gasteiger partial charge in [-0.15, -0.1) is 0 Å². The van der Waals surface area contributed by atoms with E-state index in [2.05, 4.69) is 4.98 Å². The van der Waals surface area contributed by atoms with Gasteiger partial charge in [0.05, 0.1) is 6.61 Å². The lowest BCUT2D eigenvalue weighted by Crippen LogP contribution is -2.17. The van der Waals surface area contributed by atoms with Crippen LogP contribution in [0.5, 0.6) is 5.75 Å². The predicted molar refractivity (Wildman–Crippen MR) is 106 cm³/mol. The van der Waals surface area contributed by atoms with E-state index in [4.69, 9.17) is 27.3 Å². The molecule has 1 aromatic heterocycles. The van der Waals surface area contributed by atoms with Gasteiger partial charge in [0.1, 0.15) is 5.82 Å². The maximum absolute atomic E-state index is 13.3. The maximum Gasteiger partial charge on any atom is 0.243 e. The molecule has 0 aliphatic heterocycles. The van der Waals surface area contributed by atoms with Crippen LogP contribution in [0.2, 0.25) is 5.02 Å². The van der Waals surface area contributed by atoms with Crippen molar-refractivity contribution in [2.24, 2.45) is 0 Å². The number of aromatic nitrogens is 1. The molecule has 0 atom stereocenters. The predicted octanol–water partition coefficient (Wildman–Crippen LogP) is 4.08. The molecular formula is C20H25ClFN3O3. The highest BCUT2D eigenvalue weighted by Crippen LogP contribution is 2.23. The van der Waals surface area contributed by atoms with Crippen molar-refractivity contribution in [3.8, 4) is 5.75 Å². The van der Waals surface area contributed by atoms with Gasteiger partial charge in [0.2, 0.25) is 5.91 Å². The first-order valence-corrected chi connectivity index (χ1v) is 9.61. The number of hydrogen-bond donors (Lipinski definition) is 3. The number of pyridine rings is 1. The van der Waals surface area contributed by atoms with Gasteiger partial charge in [-0.05, 0) is 54.7 Å². The van der Waals surface area contributed by atoms with Crippen LogP contribution in [0.15, 0.2) is 30.5 Å². The van der Waals surface area contributed by atoms with Crippen LogP contribution in [0, 0.1) is 5.82 Å². The van der Waals surface area contributed by atoms with Crippen molar-refractivity contribution >= 4 is 23.3 Å². The number of hydrogen-bond acceptors (Lipinski definition) is 5. The lowest BCUT2D eigenvalue weighted by Gasteiger charge is -2.11. The van der Waals surface area contributed by atoms with Gasteiger partial charge in [-0.1, -0.05) is 24.4 Å². The first-order valence-electron chi connectivity index (χ1n) is 9.23. The second-order valence-electron chi connectivity index (χ2n) is 6.51. The minimum atomic E-state index is -0.357. The molecule has 1 heterocycles. The summed E-state index contributed by atoms with van der Waals surface area (Å²) in [5.74, 6) is 0.123. The van der Waals surface area contributed by atoms with Gasteiger partial charge < -0.3 is 10.5 Å². The third kappa shape index (κ3) is 7.32. The molecule has 0 saturated carbocycles. The molecule has 0 unspecified atom stereocenters. The maximum atomic E-state index is 13.3. The van der Waals surface area contributed by atoms with Crippen molar-refractivity contribution in [2.75, 3.05) is 12.3 Å². The first-order chi connectivity index (χ1) is 13.5. The Morgan fingerprint density at radius 2 is 2.00 bits per heavy atom. The van der Waals surface area contributed by atoms with Crippen molar-refractivity contribution < 1.29 is 19.1 Å². The summed E-state index contributed by atoms with van der Waals surface area (Å²) in [4.78, 5) is 15.1. The van der Waals surface area contributed by atoms with E-state index < -0.39 is 0 Å². The summed E-state index contributed by atoms with van der Waals surface area (Å²) in [6.45, 7) is 0.311. The van der Waals surface area contributed by atoms with Gasteiger partial charge in [0.25, 0.3) is 0 Å². The van der Waals surface area contributed by atoms with Crippen molar-refractivity contribution in [3.63, 3.8) is 0 Å². The quantitative estimate of drug-likeness (QED) is 0.295. The van der Waals surface area contributed by atoms with Crippen molar-refractivity contribution in [3.05, 3.63) is 52.4 Å². The van der Waals surface area contributed by atoms with Crippen LogP contribution in [0.4, 0.5) is 10.2 Å². The van der Waals surface area contributed by atoms with Gasteiger partial charge >= 0.3 is 0 Å². The topological polar surface area (TPSA) is 97.5 Å². The summed E-state index contributed by atoms with van der Waals surface area (Å²) in [5, 5.41) is 8.94. The van der Waals surface area contributed by atoms with Crippen LogP contribution in [0.1, 0.15) is 43.2 Å². The van der Waals surface area contributed by atoms with Gasteiger partial charge in [-0.3, -0.25) is 10.0 Å². The Kier molecular flexibility index (Phi) is 8.97. The number of nitrogens with two attached hydrogens (primary N) is 1. The number of carbonyl (C=O) groups is 1. The molecule has 0 aliphatic rings. The molecule has 0 radical (unpaired) electrons. The van der Waals surface area contributed by atoms with E-state index in [0.717, 1.165) is 37.7 Å². The van der Waals surface area contributed by atoms with Crippen LogP contribution in [-0.4, -0.2) is 22.7 Å². The molecule has 1 amide bonds. The van der Waals surface area contributed by atoms with E-state index >= 15 is 0 Å². The molecule has 0 fully saturated rings. The summed E-state index contributed by atoms with van der Waals surface area (Å²) >= 11 is 6.06. The highest BCUT2D eigenvalue weighted by Gasteiger charge is 2.07. The molecule has 2 rings (SSSR count). The molecule has 0 aliphatic carbocycles. The van der Waals surface area contributed by atoms with Crippen molar-refractivity contribution in [1.29, 1.82) is 0 Å². The fourth-order valence-electron chi connectivity index (χ4n) is 2.78. The minimum absolute atomic E-state index is 0.309. The summed E-state index contributed by atoms with van der Waals surface area (Å²) in [6.07, 6.45) is 6.91. The number of unbranched alkanes of at least 4 members (excludes halogenated alkanes) is 3. The zero-order chi connectivity index (χ0) is 20.4. The smallest absolute Gasteiger partial charge is 0.243 e. The molecule has 8 heteroatoms. The van der Waals surface area contributed by atoms with E-state index in [9.17, 15) is 9.18 Å². The Labute approximate surface area is 168 Å². The fraction of sp³-hybridized carbons (Fsp3) is 0.400. The summed E-state index contributed by atoms with van der Waals surface area (Å²) in [6, 6.07) is 6.11. The number of anilines is 1. The number of aryl methyl sites for hydroxylation is 1. The highest BCUT2D eigenvalue weighted by molar-refractivity contribution is 6.31. The fourth-order valence-corrected chi connectivity index (χ4v) is 2.99. The van der Waals surface area contributed by atoms with Gasteiger partial charge in [0, 0.05) is 24.1 Å². The Hall–Kier alpha value is -2.38. The normalized spacial score (nSPS) is 10.7. The molecule has 28 heavy (non-hydrogen) atoms. The third-order valence-electron chi connectivity index (χ3n) is 4.32. The van der Waals surface area contributed by atoms with E-state index in [0.29, 0.717) is 41.6 Å². The largest absolute Gasteiger partial charge is 0.489 e. The molecule has 4 N–H and O–H groups in total. The van der Waals surface area contributed by atoms with E-state index in [1.54, 1.807) is 11.7 Å². The number of hydroxylamine groups is 1. The number of nitrogen functional groups attached to an aromatic ring is 1. The van der Waals surface area contributed by atoms with Crippen LogP contribution in [-0.2, 0) is 17.6 Å². The lowest BCUT2D eigenvalue weighted by molar-refractivity contribution is -0.129. The van der Waals surface area contributed by atoms with Gasteiger partial charge in [0.15, 0.2) is 11.6 Å². The average Bonchev–Trinajstić information content (AvgIpc) is 2.69. The Bertz CT molecular complexity index is 789. The van der Waals surface area contributed by atoms with Crippen molar-refractivity contribution in [2.45, 2.75) is 44.9 Å². The molecular weight excluding hydrogens is 385 g/mol. The lowest BCUT2D eigenvalue weighted by atomic mass is 10.1. The molecule has 1 aromatic carbocycles. The van der Waals surface area contributed by atoms with E-state index in [1.807, 2.05) is 6.07 Å². The summed E-state index contributed by atoms with van der Waals surface area (Å²) in [7, 11) is 0. The second-order valence-corrected chi connectivity index (χ2v) is 6.92. The zero-order valence-electron chi connectivity index (χ0n) is 15.6. The number of ether oxygens (including phenoxy) is 1. The van der Waals surface area contributed by atoms with E-state index in [-0.39, 0.29) is 11.7 Å². The van der Waals surface area contributed by atoms with Crippen LogP contribution in [0.25, 0.3) is 0 Å². The SMILES string of the molecule is Nc1ncc(CCCCCCC(=O)NO)cc1OCCc1cc(F)ccc1Cl. The first kappa shape index (κ1) is 21.9. The summed E-state index contributed by atoms with van der Waals surface area (Å²) in [5.41, 5.74) is 9.20. The van der Waals surface area contributed by atoms with E-state index in [1.165, 1.54) is 18.2 Å². The number of rotatable bonds is 11. The number of benzene rings is 1. The number of carbonyl (C=O) groups excluding carboxylic acids is 1.